The van der Waals surface area contributed by atoms with E-state index in [-0.39, 0.29) is 5.69 Å². The van der Waals surface area contributed by atoms with Crippen LogP contribution in [0.1, 0.15) is 10.5 Å². The van der Waals surface area contributed by atoms with Crippen LogP contribution in [0.2, 0.25) is 0 Å². The standard InChI is InChI=1S/C13H10N4O/c14-13(18)12-9(4-2-6-15-12)8-3-1-5-11-10(8)7-16-17-11/h1-7H,(H2,14,18)(H,16,17). The van der Waals surface area contributed by atoms with Gasteiger partial charge < -0.3 is 5.73 Å². The molecule has 1 amide bonds. The van der Waals surface area contributed by atoms with Gasteiger partial charge in [-0.1, -0.05) is 18.2 Å². The number of aromatic nitrogens is 3. The molecule has 0 aliphatic heterocycles. The zero-order chi connectivity index (χ0) is 12.5. The molecule has 0 saturated carbocycles. The molecular formula is C13H10N4O. The summed E-state index contributed by atoms with van der Waals surface area (Å²) in [6.07, 6.45) is 3.28. The number of nitrogens with two attached hydrogens (primary N) is 1. The molecule has 1 aromatic carbocycles. The summed E-state index contributed by atoms with van der Waals surface area (Å²) in [4.78, 5) is 15.4. The molecule has 2 heterocycles. The minimum absolute atomic E-state index is 0.270. The highest BCUT2D eigenvalue weighted by atomic mass is 16.1. The number of nitrogens with one attached hydrogen (secondary N) is 1. The van der Waals surface area contributed by atoms with Crippen LogP contribution >= 0.6 is 0 Å². The molecule has 18 heavy (non-hydrogen) atoms. The monoisotopic (exact) mass is 238 g/mol. The molecule has 0 unspecified atom stereocenters. The number of carbonyl (C=O) groups is 1. The number of nitrogens with zero attached hydrogens (tertiary/aromatic N) is 2. The molecule has 3 N–H and O–H groups in total. The molecule has 0 aliphatic carbocycles. The van der Waals surface area contributed by atoms with Gasteiger partial charge in [-0.3, -0.25) is 14.9 Å². The number of carbonyl (C=O) groups excluding carboxylic acids is 1. The summed E-state index contributed by atoms with van der Waals surface area (Å²) < 4.78 is 0. The van der Waals surface area contributed by atoms with E-state index in [2.05, 4.69) is 15.2 Å². The van der Waals surface area contributed by atoms with Crippen LogP contribution in [0.3, 0.4) is 0 Å². The fourth-order valence-corrected chi connectivity index (χ4v) is 2.02. The van der Waals surface area contributed by atoms with Gasteiger partial charge in [0.25, 0.3) is 5.91 Å². The largest absolute Gasteiger partial charge is 0.364 e. The Morgan fingerprint density at radius 2 is 2.00 bits per heavy atom. The number of aromatic amines is 1. The lowest BCUT2D eigenvalue weighted by Crippen LogP contribution is -2.14. The minimum atomic E-state index is -0.536. The molecule has 0 radical (unpaired) electrons. The molecule has 88 valence electrons. The third kappa shape index (κ3) is 1.53. The Hall–Kier alpha value is -2.69. The third-order valence-electron chi connectivity index (χ3n) is 2.82. The lowest BCUT2D eigenvalue weighted by Gasteiger charge is -2.06. The van der Waals surface area contributed by atoms with Crippen molar-refractivity contribution in [2.24, 2.45) is 5.73 Å². The van der Waals surface area contributed by atoms with Crippen molar-refractivity contribution in [3.05, 3.63) is 48.4 Å². The first-order chi connectivity index (χ1) is 8.77. The Labute approximate surface area is 103 Å². The van der Waals surface area contributed by atoms with Crippen molar-refractivity contribution >= 4 is 16.8 Å². The number of hydrogen-bond donors (Lipinski definition) is 2. The van der Waals surface area contributed by atoms with Gasteiger partial charge in [-0.25, -0.2) is 0 Å². The smallest absolute Gasteiger partial charge is 0.267 e. The predicted octanol–water partition coefficient (Wildman–Crippen LogP) is 1.72. The molecule has 0 atom stereocenters. The van der Waals surface area contributed by atoms with Crippen molar-refractivity contribution in [2.75, 3.05) is 0 Å². The van der Waals surface area contributed by atoms with Gasteiger partial charge in [-0.2, -0.15) is 5.10 Å². The summed E-state index contributed by atoms with van der Waals surface area (Å²) >= 11 is 0. The maximum atomic E-state index is 11.4. The van der Waals surface area contributed by atoms with Gasteiger partial charge in [-0.15, -0.1) is 0 Å². The highest BCUT2D eigenvalue weighted by Gasteiger charge is 2.13. The van der Waals surface area contributed by atoms with Gasteiger partial charge in [0.1, 0.15) is 5.69 Å². The van der Waals surface area contributed by atoms with Crippen LogP contribution in [-0.2, 0) is 0 Å². The summed E-state index contributed by atoms with van der Waals surface area (Å²) in [5, 5.41) is 7.83. The van der Waals surface area contributed by atoms with E-state index in [0.29, 0.717) is 0 Å². The number of H-pyrrole nitrogens is 1. The summed E-state index contributed by atoms with van der Waals surface area (Å²) in [7, 11) is 0. The molecule has 0 aliphatic rings. The molecule has 0 spiro atoms. The first-order valence-corrected chi connectivity index (χ1v) is 5.44. The summed E-state index contributed by atoms with van der Waals surface area (Å²) in [5.41, 5.74) is 8.14. The van der Waals surface area contributed by atoms with Crippen LogP contribution in [0.25, 0.3) is 22.0 Å². The normalized spacial score (nSPS) is 10.7. The van der Waals surface area contributed by atoms with Gasteiger partial charge >= 0.3 is 0 Å². The molecule has 2 aromatic heterocycles. The maximum Gasteiger partial charge on any atom is 0.267 e. The van der Waals surface area contributed by atoms with Crippen molar-refractivity contribution in [3.8, 4) is 11.1 Å². The molecule has 0 bridgehead atoms. The second kappa shape index (κ2) is 3.96. The van der Waals surface area contributed by atoms with Gasteiger partial charge in [0, 0.05) is 17.1 Å². The Morgan fingerprint density at radius 3 is 2.83 bits per heavy atom. The zero-order valence-electron chi connectivity index (χ0n) is 9.42. The number of pyridine rings is 1. The van der Waals surface area contributed by atoms with Crippen LogP contribution in [0.4, 0.5) is 0 Å². The molecule has 5 heteroatoms. The van der Waals surface area contributed by atoms with Gasteiger partial charge in [0.2, 0.25) is 0 Å². The molecule has 0 saturated heterocycles. The van der Waals surface area contributed by atoms with Gasteiger partial charge in [-0.05, 0) is 17.7 Å². The zero-order valence-corrected chi connectivity index (χ0v) is 9.42. The van der Waals surface area contributed by atoms with Gasteiger partial charge in [0.15, 0.2) is 0 Å². The maximum absolute atomic E-state index is 11.4. The topological polar surface area (TPSA) is 84.7 Å². The van der Waals surface area contributed by atoms with Crippen molar-refractivity contribution in [3.63, 3.8) is 0 Å². The number of amides is 1. The van der Waals surface area contributed by atoms with Crippen molar-refractivity contribution in [2.45, 2.75) is 0 Å². The quantitative estimate of drug-likeness (QED) is 0.712. The summed E-state index contributed by atoms with van der Waals surface area (Å²) in [6.45, 7) is 0. The van der Waals surface area contributed by atoms with E-state index >= 15 is 0 Å². The fourth-order valence-electron chi connectivity index (χ4n) is 2.02. The average Bonchev–Trinajstić information content (AvgIpc) is 2.86. The van der Waals surface area contributed by atoms with Crippen LogP contribution in [0, 0.1) is 0 Å². The van der Waals surface area contributed by atoms with E-state index in [1.54, 1.807) is 18.5 Å². The molecule has 0 fully saturated rings. The highest BCUT2D eigenvalue weighted by molar-refractivity contribution is 6.03. The first kappa shape index (κ1) is 10.5. The lowest BCUT2D eigenvalue weighted by molar-refractivity contribution is 0.0996. The highest BCUT2D eigenvalue weighted by Crippen LogP contribution is 2.28. The van der Waals surface area contributed by atoms with Crippen LogP contribution in [0.5, 0.6) is 0 Å². The number of primary amides is 1. The number of fused-ring (bicyclic) bond motifs is 1. The number of rotatable bonds is 2. The second-order valence-electron chi connectivity index (χ2n) is 3.90. The summed E-state index contributed by atoms with van der Waals surface area (Å²) in [6, 6.07) is 9.34. The number of hydrogen-bond acceptors (Lipinski definition) is 3. The van der Waals surface area contributed by atoms with E-state index in [1.165, 1.54) is 0 Å². The van der Waals surface area contributed by atoms with E-state index in [9.17, 15) is 4.79 Å². The van der Waals surface area contributed by atoms with Crippen molar-refractivity contribution in [1.29, 1.82) is 0 Å². The van der Waals surface area contributed by atoms with Gasteiger partial charge in [0.05, 0.1) is 11.7 Å². The SMILES string of the molecule is NC(=O)c1ncccc1-c1cccc2[nH]ncc12. The first-order valence-electron chi connectivity index (χ1n) is 5.44. The van der Waals surface area contributed by atoms with Crippen LogP contribution in [0.15, 0.2) is 42.7 Å². The Kier molecular flexibility index (Phi) is 2.30. The van der Waals surface area contributed by atoms with Crippen LogP contribution < -0.4 is 5.73 Å². The summed E-state index contributed by atoms with van der Waals surface area (Å²) in [5.74, 6) is -0.536. The predicted molar refractivity (Wildman–Crippen MR) is 67.8 cm³/mol. The van der Waals surface area contributed by atoms with E-state index in [0.717, 1.165) is 22.0 Å². The fraction of sp³-hybridized carbons (Fsp3) is 0. The molecule has 3 rings (SSSR count). The van der Waals surface area contributed by atoms with E-state index < -0.39 is 5.91 Å². The average molecular weight is 238 g/mol. The second-order valence-corrected chi connectivity index (χ2v) is 3.90. The Balaban J connectivity index is 2.33. The molecule has 3 aromatic rings. The van der Waals surface area contributed by atoms with Crippen LogP contribution in [-0.4, -0.2) is 21.1 Å². The van der Waals surface area contributed by atoms with Crippen molar-refractivity contribution in [1.82, 2.24) is 15.2 Å². The minimum Gasteiger partial charge on any atom is -0.364 e. The van der Waals surface area contributed by atoms with E-state index in [1.807, 2.05) is 24.3 Å². The molecular weight excluding hydrogens is 228 g/mol. The Morgan fingerprint density at radius 1 is 1.17 bits per heavy atom. The molecule has 5 nitrogen and oxygen atoms in total. The Bertz CT molecular complexity index is 732. The van der Waals surface area contributed by atoms with Crippen molar-refractivity contribution < 1.29 is 4.79 Å². The lowest BCUT2D eigenvalue weighted by atomic mass is 10.0. The number of benzene rings is 1. The third-order valence-corrected chi connectivity index (χ3v) is 2.82. The van der Waals surface area contributed by atoms with E-state index in [4.69, 9.17) is 5.73 Å².